The first-order chi connectivity index (χ1) is 19.7. The zero-order valence-corrected chi connectivity index (χ0v) is 24.2. The number of likely N-dealkylation sites (N-methyl/N-ethyl adjacent to an activating group) is 1. The van der Waals surface area contributed by atoms with Crippen LogP contribution in [0.1, 0.15) is 25.0 Å². The number of rotatable bonds is 9. The van der Waals surface area contributed by atoms with Crippen LogP contribution in [0, 0.1) is 5.92 Å². The van der Waals surface area contributed by atoms with Crippen LogP contribution in [0.3, 0.4) is 0 Å². The van der Waals surface area contributed by atoms with Gasteiger partial charge < -0.3 is 30.1 Å². The van der Waals surface area contributed by atoms with E-state index in [1.807, 2.05) is 31.2 Å². The Hall–Kier alpha value is -4.08. The fraction of sp³-hybridized carbons (Fsp3) is 0.375. The molecule has 3 amide bonds. The molecule has 0 aromatic heterocycles. The molecular formula is C32H40N4O5. The molecule has 9 nitrogen and oxygen atoms in total. The molecule has 0 saturated carbocycles. The van der Waals surface area contributed by atoms with Crippen LogP contribution < -0.4 is 20.1 Å². The van der Waals surface area contributed by atoms with Crippen molar-refractivity contribution >= 4 is 23.3 Å². The fourth-order valence-electron chi connectivity index (χ4n) is 4.96. The van der Waals surface area contributed by atoms with Crippen LogP contribution in [0.5, 0.6) is 11.5 Å². The van der Waals surface area contributed by atoms with Gasteiger partial charge in [-0.3, -0.25) is 9.69 Å². The van der Waals surface area contributed by atoms with E-state index in [9.17, 15) is 14.7 Å². The van der Waals surface area contributed by atoms with Crippen molar-refractivity contribution in [2.75, 3.05) is 44.5 Å². The van der Waals surface area contributed by atoms with Crippen molar-refractivity contribution in [3.63, 3.8) is 0 Å². The van der Waals surface area contributed by atoms with E-state index in [1.54, 1.807) is 48.4 Å². The average Bonchev–Trinajstić information content (AvgIpc) is 3.01. The fourth-order valence-corrected chi connectivity index (χ4v) is 4.96. The average molecular weight is 561 g/mol. The maximum Gasteiger partial charge on any atom is 0.323 e. The van der Waals surface area contributed by atoms with Gasteiger partial charge in [0, 0.05) is 42.5 Å². The van der Waals surface area contributed by atoms with E-state index in [1.165, 1.54) is 5.56 Å². The third-order valence-electron chi connectivity index (χ3n) is 7.31. The van der Waals surface area contributed by atoms with Crippen LogP contribution >= 0.6 is 0 Å². The Bertz CT molecular complexity index is 1300. The van der Waals surface area contributed by atoms with Gasteiger partial charge in [-0.05, 0) is 62.0 Å². The second-order valence-corrected chi connectivity index (χ2v) is 10.7. The van der Waals surface area contributed by atoms with Crippen molar-refractivity contribution in [2.24, 2.45) is 5.92 Å². The SMILES string of the molecule is COc1ccc(NC(=O)Nc2ccc3c(c2)CC(=O)N([C@H](C)CO)C[C@H](C)[C@@H](CN(C)Cc2ccccc2)O3)cc1. The lowest BCUT2D eigenvalue weighted by atomic mass is 10.0. The summed E-state index contributed by atoms with van der Waals surface area (Å²) in [5, 5.41) is 15.5. The Morgan fingerprint density at radius 2 is 1.78 bits per heavy atom. The first-order valence-electron chi connectivity index (χ1n) is 13.9. The molecule has 1 aliphatic rings. The Labute approximate surface area is 242 Å². The van der Waals surface area contributed by atoms with Gasteiger partial charge in [0.2, 0.25) is 5.91 Å². The number of benzene rings is 3. The summed E-state index contributed by atoms with van der Waals surface area (Å²) in [7, 11) is 3.64. The number of carbonyl (C=O) groups is 2. The highest BCUT2D eigenvalue weighted by Crippen LogP contribution is 2.29. The molecule has 3 N–H and O–H groups in total. The van der Waals surface area contributed by atoms with Crippen molar-refractivity contribution in [2.45, 2.75) is 39.0 Å². The first kappa shape index (κ1) is 29.9. The quantitative estimate of drug-likeness (QED) is 0.353. The van der Waals surface area contributed by atoms with E-state index in [0.717, 1.165) is 6.54 Å². The molecule has 1 aliphatic heterocycles. The largest absolute Gasteiger partial charge is 0.497 e. The van der Waals surface area contributed by atoms with Gasteiger partial charge in [-0.25, -0.2) is 4.79 Å². The molecule has 0 saturated heterocycles. The summed E-state index contributed by atoms with van der Waals surface area (Å²) >= 11 is 0. The molecule has 0 bridgehead atoms. The Kier molecular flexibility index (Phi) is 10.2. The van der Waals surface area contributed by atoms with Crippen molar-refractivity contribution in [3.8, 4) is 11.5 Å². The summed E-state index contributed by atoms with van der Waals surface area (Å²) in [4.78, 5) is 30.1. The van der Waals surface area contributed by atoms with Gasteiger partial charge in [-0.2, -0.15) is 0 Å². The number of methoxy groups -OCH3 is 1. The molecular weight excluding hydrogens is 520 g/mol. The molecule has 9 heteroatoms. The second kappa shape index (κ2) is 14.0. The third-order valence-corrected chi connectivity index (χ3v) is 7.31. The van der Waals surface area contributed by atoms with E-state index < -0.39 is 6.03 Å². The number of carbonyl (C=O) groups excluding carboxylic acids is 2. The van der Waals surface area contributed by atoms with Gasteiger partial charge in [0.1, 0.15) is 17.6 Å². The van der Waals surface area contributed by atoms with Gasteiger partial charge in [0.25, 0.3) is 0 Å². The highest BCUT2D eigenvalue weighted by atomic mass is 16.5. The number of aliphatic hydroxyl groups excluding tert-OH is 1. The Balaban J connectivity index is 1.54. The number of anilines is 2. The van der Waals surface area contributed by atoms with Crippen LogP contribution in [-0.2, 0) is 17.8 Å². The number of fused-ring (bicyclic) bond motifs is 1. The summed E-state index contributed by atoms with van der Waals surface area (Å²) in [6.07, 6.45) is -0.117. The molecule has 3 atom stereocenters. The number of nitrogens with zero attached hydrogens (tertiary/aromatic N) is 2. The minimum Gasteiger partial charge on any atom is -0.497 e. The molecule has 0 unspecified atom stereocenters. The number of nitrogens with one attached hydrogen (secondary N) is 2. The topological polar surface area (TPSA) is 103 Å². The molecule has 0 aliphatic carbocycles. The van der Waals surface area contributed by atoms with E-state index in [-0.39, 0.29) is 37.0 Å². The second-order valence-electron chi connectivity index (χ2n) is 10.7. The van der Waals surface area contributed by atoms with Gasteiger partial charge in [0.05, 0.1) is 26.2 Å². The number of urea groups is 1. The van der Waals surface area contributed by atoms with Crippen molar-refractivity contribution in [1.82, 2.24) is 9.80 Å². The van der Waals surface area contributed by atoms with Gasteiger partial charge >= 0.3 is 6.03 Å². The van der Waals surface area contributed by atoms with Crippen molar-refractivity contribution in [3.05, 3.63) is 83.9 Å². The lowest BCUT2D eigenvalue weighted by Gasteiger charge is -2.34. The number of hydrogen-bond donors (Lipinski definition) is 3. The van der Waals surface area contributed by atoms with E-state index in [4.69, 9.17) is 9.47 Å². The van der Waals surface area contributed by atoms with Crippen LogP contribution in [0.4, 0.5) is 16.2 Å². The molecule has 41 heavy (non-hydrogen) atoms. The van der Waals surface area contributed by atoms with Crippen LogP contribution in [0.2, 0.25) is 0 Å². The van der Waals surface area contributed by atoms with E-state index in [2.05, 4.69) is 41.6 Å². The standard InChI is InChI=1S/C32H40N4O5/c1-22-18-36(23(2)21-37)31(38)17-25-16-27(34-32(39)33-26-10-13-28(40-4)14-11-26)12-15-29(25)41-30(22)20-35(3)19-24-8-6-5-7-9-24/h5-16,22-23,30,37H,17-21H2,1-4H3,(H2,33,34,39)/t22-,23+,30+/m0/s1. The van der Waals surface area contributed by atoms with Crippen LogP contribution in [-0.4, -0.2) is 72.8 Å². The number of ether oxygens (including phenoxy) is 2. The van der Waals surface area contributed by atoms with Crippen molar-refractivity contribution in [1.29, 1.82) is 0 Å². The predicted octanol–water partition coefficient (Wildman–Crippen LogP) is 4.62. The normalized spacial score (nSPS) is 17.9. The molecule has 218 valence electrons. The number of aliphatic hydroxyl groups is 1. The molecule has 3 aromatic rings. The van der Waals surface area contributed by atoms with Crippen LogP contribution in [0.15, 0.2) is 72.8 Å². The maximum absolute atomic E-state index is 13.5. The number of amides is 3. The maximum atomic E-state index is 13.5. The highest BCUT2D eigenvalue weighted by molar-refractivity contribution is 6.00. The molecule has 0 spiro atoms. The first-order valence-corrected chi connectivity index (χ1v) is 13.9. The minimum absolute atomic E-state index is 0.00481. The molecule has 0 radical (unpaired) electrons. The number of hydrogen-bond acceptors (Lipinski definition) is 6. The van der Waals surface area contributed by atoms with Crippen LogP contribution in [0.25, 0.3) is 0 Å². The summed E-state index contributed by atoms with van der Waals surface area (Å²) in [5.41, 5.74) is 3.05. The monoisotopic (exact) mass is 560 g/mol. The van der Waals surface area contributed by atoms with E-state index >= 15 is 0 Å². The zero-order chi connectivity index (χ0) is 29.4. The van der Waals surface area contributed by atoms with Gasteiger partial charge in [-0.15, -0.1) is 0 Å². The molecule has 1 heterocycles. The predicted molar refractivity (Wildman–Crippen MR) is 160 cm³/mol. The molecule has 3 aromatic carbocycles. The molecule has 4 rings (SSSR count). The van der Waals surface area contributed by atoms with E-state index in [0.29, 0.717) is 41.5 Å². The lowest BCUT2D eigenvalue weighted by molar-refractivity contribution is -0.134. The highest BCUT2D eigenvalue weighted by Gasteiger charge is 2.31. The zero-order valence-electron chi connectivity index (χ0n) is 24.2. The van der Waals surface area contributed by atoms with Gasteiger partial charge in [-0.1, -0.05) is 37.3 Å². The summed E-state index contributed by atoms with van der Waals surface area (Å²) in [5.74, 6) is 1.22. The molecule has 0 fully saturated rings. The smallest absolute Gasteiger partial charge is 0.323 e. The Morgan fingerprint density at radius 3 is 2.46 bits per heavy atom. The summed E-state index contributed by atoms with van der Waals surface area (Å²) in [6, 6.07) is 21.9. The summed E-state index contributed by atoms with van der Waals surface area (Å²) < 4.78 is 11.8. The Morgan fingerprint density at radius 1 is 1.10 bits per heavy atom. The minimum atomic E-state index is -0.407. The van der Waals surface area contributed by atoms with Gasteiger partial charge in [0.15, 0.2) is 0 Å². The summed E-state index contributed by atoms with van der Waals surface area (Å²) in [6.45, 7) is 5.68. The van der Waals surface area contributed by atoms with Crippen molar-refractivity contribution < 1.29 is 24.2 Å². The lowest BCUT2D eigenvalue weighted by Crippen LogP contribution is -2.47. The third kappa shape index (κ3) is 8.22.